The molecule has 0 saturated carbocycles. The molecule has 34 heavy (non-hydrogen) atoms. The number of likely N-dealkylation sites (tertiary alicyclic amines) is 1. The third kappa shape index (κ3) is 4.92. The van der Waals surface area contributed by atoms with Crippen molar-refractivity contribution in [1.29, 1.82) is 0 Å². The Bertz CT molecular complexity index is 1030. The molecule has 180 valence electrons. The molecule has 4 rings (SSSR count). The van der Waals surface area contributed by atoms with Gasteiger partial charge in [0.1, 0.15) is 12.6 Å². The van der Waals surface area contributed by atoms with Gasteiger partial charge in [-0.3, -0.25) is 4.79 Å². The predicted molar refractivity (Wildman–Crippen MR) is 125 cm³/mol. The number of carboxylic acids is 1. The minimum Gasteiger partial charge on any atom is -0.480 e. The van der Waals surface area contributed by atoms with Gasteiger partial charge in [0.2, 0.25) is 5.91 Å². The highest BCUT2D eigenvalue weighted by atomic mass is 16.5. The van der Waals surface area contributed by atoms with E-state index in [2.05, 4.69) is 29.6 Å². The van der Waals surface area contributed by atoms with Gasteiger partial charge in [0.05, 0.1) is 6.10 Å². The van der Waals surface area contributed by atoms with Crippen LogP contribution in [0.1, 0.15) is 49.7 Å². The highest BCUT2D eigenvalue weighted by molar-refractivity contribution is 5.84. The number of carbonyl (C=O) groups excluding carboxylic acids is 2. The second-order valence-corrected chi connectivity index (χ2v) is 8.90. The average Bonchev–Trinajstić information content (AvgIpc) is 3.38. The van der Waals surface area contributed by atoms with E-state index in [4.69, 9.17) is 4.74 Å². The van der Waals surface area contributed by atoms with Crippen molar-refractivity contribution in [2.75, 3.05) is 13.2 Å². The number of benzene rings is 2. The molecule has 8 nitrogen and oxygen atoms in total. The summed E-state index contributed by atoms with van der Waals surface area (Å²) >= 11 is 0. The average molecular weight is 467 g/mol. The highest BCUT2D eigenvalue weighted by Crippen LogP contribution is 2.44. The minimum atomic E-state index is -1.12. The Morgan fingerprint density at radius 2 is 1.71 bits per heavy atom. The number of carbonyl (C=O) groups is 3. The molecule has 3 N–H and O–H groups in total. The smallest absolute Gasteiger partial charge is 0.407 e. The summed E-state index contributed by atoms with van der Waals surface area (Å²) in [5.41, 5.74) is 4.58. The van der Waals surface area contributed by atoms with Crippen LogP contribution in [0.3, 0.4) is 0 Å². The van der Waals surface area contributed by atoms with E-state index in [1.54, 1.807) is 0 Å². The Kier molecular flexibility index (Phi) is 7.17. The molecule has 0 spiro atoms. The van der Waals surface area contributed by atoms with Crippen LogP contribution in [0.2, 0.25) is 0 Å². The van der Waals surface area contributed by atoms with Crippen LogP contribution in [0.25, 0.3) is 11.1 Å². The van der Waals surface area contributed by atoms with Crippen molar-refractivity contribution < 1.29 is 29.3 Å². The summed E-state index contributed by atoms with van der Waals surface area (Å²) in [7, 11) is 0. The zero-order valence-electron chi connectivity index (χ0n) is 19.1. The normalized spacial score (nSPS) is 19.9. The number of ether oxygens (including phenoxy) is 1. The van der Waals surface area contributed by atoms with Crippen LogP contribution in [-0.2, 0) is 14.3 Å². The Labute approximate surface area is 198 Å². The number of hydrogen-bond acceptors (Lipinski definition) is 5. The molecule has 1 aliphatic carbocycles. The topological polar surface area (TPSA) is 116 Å². The van der Waals surface area contributed by atoms with Crippen molar-refractivity contribution >= 4 is 18.0 Å². The third-order valence-electron chi connectivity index (χ3n) is 6.75. The number of nitrogens with one attached hydrogen (secondary N) is 1. The first kappa shape index (κ1) is 23.8. The summed E-state index contributed by atoms with van der Waals surface area (Å²) < 4.78 is 5.59. The predicted octanol–water partition coefficient (Wildman–Crippen LogP) is 3.13. The summed E-state index contributed by atoms with van der Waals surface area (Å²) in [5.74, 6) is -1.49. The summed E-state index contributed by atoms with van der Waals surface area (Å²) in [6, 6.07) is 14.9. The highest BCUT2D eigenvalue weighted by Gasteiger charge is 2.38. The van der Waals surface area contributed by atoms with Crippen LogP contribution >= 0.6 is 0 Å². The minimum absolute atomic E-state index is 0.0202. The van der Waals surface area contributed by atoms with Crippen molar-refractivity contribution in [3.8, 4) is 11.1 Å². The lowest BCUT2D eigenvalue weighted by atomic mass is 9.98. The molecule has 3 unspecified atom stereocenters. The van der Waals surface area contributed by atoms with E-state index in [1.807, 2.05) is 31.2 Å². The number of rotatable bonds is 8. The number of nitrogens with zero attached hydrogens (tertiary/aromatic N) is 1. The second-order valence-electron chi connectivity index (χ2n) is 8.90. The first-order valence-electron chi connectivity index (χ1n) is 11.7. The van der Waals surface area contributed by atoms with Gasteiger partial charge in [-0.15, -0.1) is 0 Å². The summed E-state index contributed by atoms with van der Waals surface area (Å²) in [4.78, 5) is 37.7. The molecule has 0 aromatic heterocycles. The monoisotopic (exact) mass is 466 g/mol. The number of β-amino-alcohol motifs (C(OH)–C–C–N with tert-alkyl or cyclic N) is 1. The number of aliphatic carboxylic acids is 1. The molecule has 2 aromatic rings. The second kappa shape index (κ2) is 10.3. The SMILES string of the molecule is CCC(CCC(=O)N1CC(O)CC1C(=O)O)NC(=O)OCC1c2ccccc2-c2ccccc21. The van der Waals surface area contributed by atoms with E-state index < -0.39 is 24.2 Å². The number of carboxylic acid groups (broad SMARTS) is 1. The Morgan fingerprint density at radius 3 is 2.29 bits per heavy atom. The number of aliphatic hydroxyl groups is 1. The number of hydrogen-bond donors (Lipinski definition) is 3. The van der Waals surface area contributed by atoms with Crippen LogP contribution < -0.4 is 5.32 Å². The van der Waals surface area contributed by atoms with Gasteiger partial charge < -0.3 is 25.2 Å². The van der Waals surface area contributed by atoms with E-state index >= 15 is 0 Å². The van der Waals surface area contributed by atoms with Gasteiger partial charge in [-0.2, -0.15) is 0 Å². The van der Waals surface area contributed by atoms with Crippen LogP contribution in [0.4, 0.5) is 4.79 Å². The van der Waals surface area contributed by atoms with Gasteiger partial charge in [-0.1, -0.05) is 55.5 Å². The molecule has 3 atom stereocenters. The van der Waals surface area contributed by atoms with Gasteiger partial charge in [0.15, 0.2) is 0 Å². The molecule has 1 heterocycles. The summed E-state index contributed by atoms with van der Waals surface area (Å²) in [6.45, 7) is 2.13. The maximum absolute atomic E-state index is 12.6. The Balaban J connectivity index is 1.30. The lowest BCUT2D eigenvalue weighted by molar-refractivity contribution is -0.148. The lowest BCUT2D eigenvalue weighted by Gasteiger charge is -2.23. The Hall–Kier alpha value is -3.39. The van der Waals surface area contributed by atoms with Gasteiger partial charge in [0, 0.05) is 31.3 Å². The Morgan fingerprint density at radius 1 is 1.09 bits per heavy atom. The fraction of sp³-hybridized carbons (Fsp3) is 0.423. The zero-order valence-corrected chi connectivity index (χ0v) is 19.1. The molecule has 1 fully saturated rings. The number of fused-ring (bicyclic) bond motifs is 3. The summed E-state index contributed by atoms with van der Waals surface area (Å²) in [6.07, 6.45) is -0.289. The number of amides is 2. The standard InChI is InChI=1S/C26H30N2O6/c1-2-16(11-12-24(30)28-14-17(29)13-23(28)25(31)32)27-26(33)34-15-22-20-9-5-3-7-18(20)19-8-4-6-10-21(19)22/h3-10,16-17,22-23,29H,2,11-15H2,1H3,(H,27,33)(H,31,32). The van der Waals surface area contributed by atoms with E-state index in [1.165, 1.54) is 4.90 Å². The van der Waals surface area contributed by atoms with E-state index in [-0.39, 0.29) is 43.9 Å². The van der Waals surface area contributed by atoms with Crippen LogP contribution in [0.5, 0.6) is 0 Å². The molecular weight excluding hydrogens is 436 g/mol. The first-order chi connectivity index (χ1) is 16.4. The molecule has 1 aliphatic heterocycles. The maximum Gasteiger partial charge on any atom is 0.407 e. The van der Waals surface area contributed by atoms with Crippen molar-refractivity contribution in [3.63, 3.8) is 0 Å². The molecule has 2 amide bonds. The van der Waals surface area contributed by atoms with Crippen molar-refractivity contribution in [3.05, 3.63) is 59.7 Å². The maximum atomic E-state index is 12.6. The number of alkyl carbamates (subject to hydrolysis) is 1. The molecule has 0 bridgehead atoms. The first-order valence-corrected chi connectivity index (χ1v) is 11.7. The van der Waals surface area contributed by atoms with Crippen LogP contribution in [-0.4, -0.2) is 64.4 Å². The number of aliphatic hydroxyl groups excluding tert-OH is 1. The van der Waals surface area contributed by atoms with E-state index in [0.717, 1.165) is 22.3 Å². The molecular formula is C26H30N2O6. The van der Waals surface area contributed by atoms with Crippen molar-refractivity contribution in [1.82, 2.24) is 10.2 Å². The fourth-order valence-corrected chi connectivity index (χ4v) is 4.95. The van der Waals surface area contributed by atoms with Gasteiger partial charge in [-0.05, 0) is 35.1 Å². The summed E-state index contributed by atoms with van der Waals surface area (Å²) in [5, 5.41) is 21.9. The van der Waals surface area contributed by atoms with E-state index in [0.29, 0.717) is 12.8 Å². The van der Waals surface area contributed by atoms with Gasteiger partial charge in [0.25, 0.3) is 0 Å². The van der Waals surface area contributed by atoms with E-state index in [9.17, 15) is 24.6 Å². The fourth-order valence-electron chi connectivity index (χ4n) is 4.95. The zero-order chi connectivity index (χ0) is 24.2. The van der Waals surface area contributed by atoms with Crippen LogP contribution in [0.15, 0.2) is 48.5 Å². The van der Waals surface area contributed by atoms with Crippen LogP contribution in [0, 0.1) is 0 Å². The molecule has 0 radical (unpaired) electrons. The molecule has 1 saturated heterocycles. The van der Waals surface area contributed by atoms with Crippen molar-refractivity contribution in [2.24, 2.45) is 0 Å². The molecule has 2 aliphatic rings. The van der Waals surface area contributed by atoms with Gasteiger partial charge in [-0.25, -0.2) is 9.59 Å². The molecule has 2 aromatic carbocycles. The van der Waals surface area contributed by atoms with Crippen molar-refractivity contribution in [2.45, 2.75) is 56.7 Å². The van der Waals surface area contributed by atoms with Gasteiger partial charge >= 0.3 is 12.1 Å². The third-order valence-corrected chi connectivity index (χ3v) is 6.75. The lowest BCUT2D eigenvalue weighted by Crippen LogP contribution is -2.42. The molecule has 8 heteroatoms. The quantitative estimate of drug-likeness (QED) is 0.551. The largest absolute Gasteiger partial charge is 0.480 e.